The molecule has 0 radical (unpaired) electrons. The van der Waals surface area contributed by atoms with Crippen molar-refractivity contribution in [3.8, 4) is 11.8 Å². The number of hydrogen-bond donors (Lipinski definition) is 2. The Hall–Kier alpha value is -2.67. The first-order valence-corrected chi connectivity index (χ1v) is 8.42. The van der Waals surface area contributed by atoms with Crippen LogP contribution in [0.2, 0.25) is 0 Å². The zero-order chi connectivity index (χ0) is 17.5. The van der Waals surface area contributed by atoms with E-state index in [1.807, 2.05) is 18.2 Å². The number of nitrogens with one attached hydrogen (secondary N) is 1. The molecular formula is C18H22N4O3. The highest BCUT2D eigenvalue weighted by molar-refractivity contribution is 5.64. The maximum absolute atomic E-state index is 10.6. The van der Waals surface area contributed by atoms with Crippen LogP contribution < -0.4 is 10.1 Å². The van der Waals surface area contributed by atoms with Crippen molar-refractivity contribution in [3.63, 3.8) is 0 Å². The van der Waals surface area contributed by atoms with Gasteiger partial charge in [0.2, 0.25) is 0 Å². The largest absolute Gasteiger partial charge is 0.465 e. The van der Waals surface area contributed by atoms with Crippen molar-refractivity contribution in [2.75, 3.05) is 19.6 Å². The van der Waals surface area contributed by atoms with Gasteiger partial charge >= 0.3 is 12.1 Å². The van der Waals surface area contributed by atoms with E-state index in [-0.39, 0.29) is 0 Å². The molecule has 1 fully saturated rings. The molecule has 2 aromatic rings. The molecule has 1 saturated heterocycles. The van der Waals surface area contributed by atoms with E-state index >= 15 is 0 Å². The van der Waals surface area contributed by atoms with E-state index in [1.165, 1.54) is 5.56 Å². The van der Waals surface area contributed by atoms with Crippen LogP contribution in [-0.2, 0) is 6.54 Å². The summed E-state index contributed by atoms with van der Waals surface area (Å²) in [4.78, 5) is 21.1. The molecule has 0 spiro atoms. The van der Waals surface area contributed by atoms with Gasteiger partial charge in [-0.05, 0) is 55.6 Å². The SMILES string of the molecule is O=C(O)NCC1CCN(Cc2cccc(Oc3ncccn3)c2)CC1. The van der Waals surface area contributed by atoms with Crippen LogP contribution in [0.25, 0.3) is 0 Å². The van der Waals surface area contributed by atoms with E-state index in [9.17, 15) is 4.79 Å². The van der Waals surface area contributed by atoms with E-state index in [2.05, 4.69) is 26.3 Å². The maximum Gasteiger partial charge on any atom is 0.404 e. The summed E-state index contributed by atoms with van der Waals surface area (Å²) in [7, 11) is 0. The molecule has 1 aromatic heterocycles. The van der Waals surface area contributed by atoms with Crippen molar-refractivity contribution in [2.24, 2.45) is 5.92 Å². The summed E-state index contributed by atoms with van der Waals surface area (Å²) in [6.07, 6.45) is 4.37. The topological polar surface area (TPSA) is 87.6 Å². The first-order valence-electron chi connectivity index (χ1n) is 8.42. The number of nitrogens with zero attached hydrogens (tertiary/aromatic N) is 3. The normalized spacial score (nSPS) is 15.7. The number of piperidine rings is 1. The summed E-state index contributed by atoms with van der Waals surface area (Å²) in [5.41, 5.74) is 1.18. The number of carbonyl (C=O) groups is 1. The highest BCUT2D eigenvalue weighted by atomic mass is 16.5. The third kappa shape index (κ3) is 5.42. The molecule has 0 bridgehead atoms. The number of hydrogen-bond acceptors (Lipinski definition) is 5. The monoisotopic (exact) mass is 342 g/mol. The smallest absolute Gasteiger partial charge is 0.404 e. The van der Waals surface area contributed by atoms with E-state index in [4.69, 9.17) is 9.84 Å². The first kappa shape index (κ1) is 17.2. The summed E-state index contributed by atoms with van der Waals surface area (Å²) in [6.45, 7) is 3.34. The third-order valence-electron chi connectivity index (χ3n) is 4.30. The van der Waals surface area contributed by atoms with Crippen LogP contribution in [0.1, 0.15) is 18.4 Å². The number of ether oxygens (including phenoxy) is 1. The summed E-state index contributed by atoms with van der Waals surface area (Å²) in [5.74, 6) is 1.15. The van der Waals surface area contributed by atoms with Gasteiger partial charge in [-0.2, -0.15) is 0 Å². The van der Waals surface area contributed by atoms with E-state index in [0.717, 1.165) is 38.2 Å². The van der Waals surface area contributed by atoms with Gasteiger partial charge in [-0.1, -0.05) is 12.1 Å². The van der Waals surface area contributed by atoms with Gasteiger partial charge in [-0.3, -0.25) is 4.90 Å². The lowest BCUT2D eigenvalue weighted by molar-refractivity contribution is 0.166. The molecule has 1 amide bonds. The van der Waals surface area contributed by atoms with Gasteiger partial charge in [-0.25, -0.2) is 14.8 Å². The fraction of sp³-hybridized carbons (Fsp3) is 0.389. The second kappa shape index (κ2) is 8.43. The Labute approximate surface area is 146 Å². The zero-order valence-electron chi connectivity index (χ0n) is 14.0. The van der Waals surface area contributed by atoms with Crippen molar-refractivity contribution < 1.29 is 14.6 Å². The second-order valence-corrected chi connectivity index (χ2v) is 6.19. The van der Waals surface area contributed by atoms with Gasteiger partial charge in [0, 0.05) is 25.5 Å². The molecule has 1 aliphatic heterocycles. The molecule has 0 aliphatic carbocycles. The van der Waals surface area contributed by atoms with Gasteiger partial charge in [0.05, 0.1) is 0 Å². The molecule has 132 valence electrons. The van der Waals surface area contributed by atoms with Gasteiger partial charge in [-0.15, -0.1) is 0 Å². The van der Waals surface area contributed by atoms with Crippen LogP contribution in [0.4, 0.5) is 4.79 Å². The number of likely N-dealkylation sites (tertiary alicyclic amines) is 1. The predicted octanol–water partition coefficient (Wildman–Crippen LogP) is 2.75. The Balaban J connectivity index is 1.50. The molecule has 0 saturated carbocycles. The van der Waals surface area contributed by atoms with Gasteiger partial charge < -0.3 is 15.2 Å². The molecule has 7 heteroatoms. The van der Waals surface area contributed by atoms with Crippen LogP contribution in [0.3, 0.4) is 0 Å². The van der Waals surface area contributed by atoms with Crippen LogP contribution >= 0.6 is 0 Å². The summed E-state index contributed by atoms with van der Waals surface area (Å²) < 4.78 is 5.67. The van der Waals surface area contributed by atoms with Gasteiger partial charge in [0.15, 0.2) is 0 Å². The summed E-state index contributed by atoms with van der Waals surface area (Å²) in [6, 6.07) is 10.0. The lowest BCUT2D eigenvalue weighted by atomic mass is 9.96. The fourth-order valence-electron chi connectivity index (χ4n) is 2.99. The minimum Gasteiger partial charge on any atom is -0.465 e. The number of aromatic nitrogens is 2. The van der Waals surface area contributed by atoms with E-state index in [0.29, 0.717) is 18.5 Å². The lowest BCUT2D eigenvalue weighted by Crippen LogP contribution is -2.37. The van der Waals surface area contributed by atoms with Gasteiger partial charge in [0.1, 0.15) is 5.75 Å². The lowest BCUT2D eigenvalue weighted by Gasteiger charge is -2.31. The predicted molar refractivity (Wildman–Crippen MR) is 92.6 cm³/mol. The number of benzene rings is 1. The number of amides is 1. The Bertz CT molecular complexity index is 688. The van der Waals surface area contributed by atoms with Gasteiger partial charge in [0.25, 0.3) is 0 Å². The fourth-order valence-corrected chi connectivity index (χ4v) is 2.99. The summed E-state index contributed by atoms with van der Waals surface area (Å²) in [5, 5.41) is 11.2. The Morgan fingerprint density at radius 3 is 2.72 bits per heavy atom. The molecule has 25 heavy (non-hydrogen) atoms. The van der Waals surface area contributed by atoms with Crippen molar-refractivity contribution in [1.29, 1.82) is 0 Å². The van der Waals surface area contributed by atoms with Crippen molar-refractivity contribution in [1.82, 2.24) is 20.2 Å². The Morgan fingerprint density at radius 2 is 2.00 bits per heavy atom. The van der Waals surface area contributed by atoms with E-state index < -0.39 is 6.09 Å². The summed E-state index contributed by atoms with van der Waals surface area (Å²) >= 11 is 0. The molecule has 1 aromatic carbocycles. The quantitative estimate of drug-likeness (QED) is 0.839. The molecule has 2 N–H and O–H groups in total. The third-order valence-corrected chi connectivity index (χ3v) is 4.30. The minimum atomic E-state index is -0.943. The minimum absolute atomic E-state index is 0.339. The van der Waals surface area contributed by atoms with Crippen LogP contribution in [0.15, 0.2) is 42.7 Å². The maximum atomic E-state index is 10.6. The van der Waals surface area contributed by atoms with Crippen LogP contribution in [-0.4, -0.2) is 45.7 Å². The van der Waals surface area contributed by atoms with Crippen molar-refractivity contribution in [3.05, 3.63) is 48.3 Å². The van der Waals surface area contributed by atoms with Crippen LogP contribution in [0.5, 0.6) is 11.8 Å². The van der Waals surface area contributed by atoms with E-state index in [1.54, 1.807) is 18.5 Å². The zero-order valence-corrected chi connectivity index (χ0v) is 14.0. The number of carboxylic acid groups (broad SMARTS) is 1. The highest BCUT2D eigenvalue weighted by Crippen LogP contribution is 2.22. The molecular weight excluding hydrogens is 320 g/mol. The van der Waals surface area contributed by atoms with Crippen LogP contribution in [0, 0.1) is 5.92 Å². The standard InChI is InChI=1S/C18H22N4O3/c23-18(24)21-12-14-5-9-22(10-6-14)13-15-3-1-4-16(11-15)25-17-19-7-2-8-20-17/h1-4,7-8,11,14,21H,5-6,9-10,12-13H2,(H,23,24). The van der Waals surface area contributed by atoms with Crippen molar-refractivity contribution in [2.45, 2.75) is 19.4 Å². The second-order valence-electron chi connectivity index (χ2n) is 6.19. The molecule has 1 aliphatic rings. The Kier molecular flexibility index (Phi) is 5.79. The molecule has 2 heterocycles. The molecule has 0 unspecified atom stereocenters. The first-order chi connectivity index (χ1) is 12.2. The van der Waals surface area contributed by atoms with Crippen molar-refractivity contribution >= 4 is 6.09 Å². The highest BCUT2D eigenvalue weighted by Gasteiger charge is 2.19. The number of rotatable bonds is 6. The Morgan fingerprint density at radius 1 is 1.24 bits per heavy atom. The average Bonchev–Trinajstić information content (AvgIpc) is 2.62. The molecule has 3 rings (SSSR count). The molecule has 7 nitrogen and oxygen atoms in total. The molecule has 0 atom stereocenters. The average molecular weight is 342 g/mol.